The molecule has 0 saturated carbocycles. The SMILES string of the molecule is CC(C)(Oc1ccc(C(=O)NC(=O)c2cc(Cl)cc(Cl)c2O)cc1)C(=O)O. The lowest BCUT2D eigenvalue weighted by molar-refractivity contribution is -0.152. The fourth-order valence-electron chi connectivity index (χ4n) is 1.99. The number of halogens is 2. The fourth-order valence-corrected chi connectivity index (χ4v) is 2.49. The van der Waals surface area contributed by atoms with E-state index in [-0.39, 0.29) is 26.9 Å². The van der Waals surface area contributed by atoms with E-state index in [1.165, 1.54) is 50.2 Å². The Bertz CT molecular complexity index is 909. The molecule has 9 heteroatoms. The monoisotopic (exact) mass is 411 g/mol. The van der Waals surface area contributed by atoms with Gasteiger partial charge in [0.2, 0.25) is 0 Å². The second-order valence-corrected chi connectivity index (χ2v) is 6.85. The van der Waals surface area contributed by atoms with Gasteiger partial charge in [0.05, 0.1) is 10.6 Å². The molecule has 0 spiro atoms. The number of imide groups is 1. The molecule has 0 radical (unpaired) electrons. The van der Waals surface area contributed by atoms with Gasteiger partial charge in [-0.15, -0.1) is 0 Å². The van der Waals surface area contributed by atoms with Crippen molar-refractivity contribution in [3.63, 3.8) is 0 Å². The summed E-state index contributed by atoms with van der Waals surface area (Å²) in [5.41, 5.74) is -1.57. The van der Waals surface area contributed by atoms with Crippen molar-refractivity contribution in [3.05, 3.63) is 57.6 Å². The first-order chi connectivity index (χ1) is 12.5. The van der Waals surface area contributed by atoms with Crippen molar-refractivity contribution in [2.75, 3.05) is 0 Å². The molecule has 3 N–H and O–H groups in total. The van der Waals surface area contributed by atoms with E-state index in [2.05, 4.69) is 5.32 Å². The molecule has 0 aliphatic carbocycles. The van der Waals surface area contributed by atoms with Gasteiger partial charge in [-0.05, 0) is 50.2 Å². The summed E-state index contributed by atoms with van der Waals surface area (Å²) in [6.45, 7) is 2.77. The number of aliphatic carboxylic acids is 1. The van der Waals surface area contributed by atoms with Crippen LogP contribution >= 0.6 is 23.2 Å². The molecule has 0 atom stereocenters. The number of aromatic hydroxyl groups is 1. The topological polar surface area (TPSA) is 113 Å². The Labute approximate surface area is 164 Å². The van der Waals surface area contributed by atoms with E-state index in [4.69, 9.17) is 33.0 Å². The molecule has 0 heterocycles. The van der Waals surface area contributed by atoms with Gasteiger partial charge < -0.3 is 14.9 Å². The molecule has 0 aromatic heterocycles. The van der Waals surface area contributed by atoms with E-state index in [9.17, 15) is 19.5 Å². The van der Waals surface area contributed by atoms with Gasteiger partial charge in [0.25, 0.3) is 11.8 Å². The van der Waals surface area contributed by atoms with E-state index in [1.54, 1.807) is 0 Å². The van der Waals surface area contributed by atoms with E-state index < -0.39 is 29.1 Å². The maximum Gasteiger partial charge on any atom is 0.347 e. The molecule has 0 saturated heterocycles. The highest BCUT2D eigenvalue weighted by molar-refractivity contribution is 6.36. The number of carboxylic acids is 1. The van der Waals surface area contributed by atoms with Crippen molar-refractivity contribution in [1.29, 1.82) is 0 Å². The number of carbonyl (C=O) groups is 3. The molecule has 27 heavy (non-hydrogen) atoms. The van der Waals surface area contributed by atoms with Crippen LogP contribution in [0.2, 0.25) is 10.0 Å². The molecule has 2 amide bonds. The lowest BCUT2D eigenvalue weighted by Crippen LogP contribution is -2.37. The average molecular weight is 412 g/mol. The minimum atomic E-state index is -1.44. The Morgan fingerprint density at radius 3 is 2.19 bits per heavy atom. The highest BCUT2D eigenvalue weighted by Gasteiger charge is 2.29. The van der Waals surface area contributed by atoms with Crippen LogP contribution in [0.15, 0.2) is 36.4 Å². The first-order valence-electron chi connectivity index (χ1n) is 7.57. The van der Waals surface area contributed by atoms with Gasteiger partial charge >= 0.3 is 5.97 Å². The predicted octanol–water partition coefficient (Wildman–Crippen LogP) is 3.51. The Balaban J connectivity index is 2.13. The van der Waals surface area contributed by atoms with Gasteiger partial charge in [0.1, 0.15) is 11.5 Å². The number of benzene rings is 2. The molecule has 2 aromatic rings. The van der Waals surface area contributed by atoms with E-state index in [0.29, 0.717) is 0 Å². The van der Waals surface area contributed by atoms with Gasteiger partial charge in [-0.25, -0.2) is 4.79 Å². The molecule has 7 nitrogen and oxygen atoms in total. The van der Waals surface area contributed by atoms with Crippen LogP contribution in [0, 0.1) is 0 Å². The summed E-state index contributed by atoms with van der Waals surface area (Å²) >= 11 is 11.6. The quantitative estimate of drug-likeness (QED) is 0.648. The molecule has 0 unspecified atom stereocenters. The lowest BCUT2D eigenvalue weighted by Gasteiger charge is -2.21. The maximum atomic E-state index is 12.2. The van der Waals surface area contributed by atoms with Crippen molar-refractivity contribution in [2.45, 2.75) is 19.4 Å². The van der Waals surface area contributed by atoms with Crippen molar-refractivity contribution in [3.8, 4) is 11.5 Å². The largest absolute Gasteiger partial charge is 0.506 e. The number of phenols is 1. The molecule has 2 rings (SSSR count). The molecule has 0 bridgehead atoms. The van der Waals surface area contributed by atoms with Crippen LogP contribution in [0.1, 0.15) is 34.6 Å². The smallest absolute Gasteiger partial charge is 0.347 e. The summed E-state index contributed by atoms with van der Waals surface area (Å²) in [5, 5.41) is 21.0. The van der Waals surface area contributed by atoms with Crippen LogP contribution in [0.3, 0.4) is 0 Å². The van der Waals surface area contributed by atoms with Gasteiger partial charge in [-0.3, -0.25) is 14.9 Å². The molecule has 0 aliphatic rings. The summed E-state index contributed by atoms with van der Waals surface area (Å²) < 4.78 is 5.33. The second kappa shape index (κ2) is 7.85. The number of carbonyl (C=O) groups excluding carboxylic acids is 2. The van der Waals surface area contributed by atoms with Crippen molar-refractivity contribution in [1.82, 2.24) is 5.32 Å². The zero-order chi connectivity index (χ0) is 20.4. The minimum absolute atomic E-state index is 0.122. The first kappa shape index (κ1) is 20.5. The summed E-state index contributed by atoms with van der Waals surface area (Å²) in [6, 6.07) is 7.96. The fraction of sp³-hybridized carbons (Fsp3) is 0.167. The summed E-state index contributed by atoms with van der Waals surface area (Å²) in [4.78, 5) is 35.5. The third-order valence-corrected chi connectivity index (χ3v) is 4.01. The Kier molecular flexibility index (Phi) is 5.98. The highest BCUT2D eigenvalue weighted by atomic mass is 35.5. The van der Waals surface area contributed by atoms with Crippen LogP contribution in [-0.4, -0.2) is 33.6 Å². The number of carboxylic acid groups (broad SMARTS) is 1. The maximum absolute atomic E-state index is 12.2. The van der Waals surface area contributed by atoms with E-state index in [1.807, 2.05) is 0 Å². The summed E-state index contributed by atoms with van der Waals surface area (Å²) in [6.07, 6.45) is 0. The number of ether oxygens (including phenoxy) is 1. The van der Waals surface area contributed by atoms with Gasteiger partial charge in [0, 0.05) is 10.6 Å². The lowest BCUT2D eigenvalue weighted by atomic mass is 10.1. The van der Waals surface area contributed by atoms with E-state index >= 15 is 0 Å². The zero-order valence-electron chi connectivity index (χ0n) is 14.2. The van der Waals surface area contributed by atoms with Crippen LogP contribution in [0.25, 0.3) is 0 Å². The van der Waals surface area contributed by atoms with Crippen LogP contribution in [0.5, 0.6) is 11.5 Å². The third kappa shape index (κ3) is 4.90. The molecule has 2 aromatic carbocycles. The normalized spacial score (nSPS) is 11.0. The Morgan fingerprint density at radius 1 is 1.04 bits per heavy atom. The first-order valence-corrected chi connectivity index (χ1v) is 8.33. The number of rotatable bonds is 5. The number of hydrogen-bond donors (Lipinski definition) is 3. The Hall–Kier alpha value is -2.77. The molecular weight excluding hydrogens is 397 g/mol. The molecular formula is C18H15Cl2NO6. The number of nitrogens with one attached hydrogen (secondary N) is 1. The number of amides is 2. The van der Waals surface area contributed by atoms with Gasteiger partial charge in [-0.2, -0.15) is 0 Å². The zero-order valence-corrected chi connectivity index (χ0v) is 15.8. The molecule has 0 fully saturated rings. The summed E-state index contributed by atoms with van der Waals surface area (Å²) in [5.74, 6) is -3.01. The highest BCUT2D eigenvalue weighted by Crippen LogP contribution is 2.31. The van der Waals surface area contributed by atoms with Gasteiger partial charge in [-0.1, -0.05) is 23.2 Å². The Morgan fingerprint density at radius 2 is 1.63 bits per heavy atom. The van der Waals surface area contributed by atoms with Crippen LogP contribution in [0.4, 0.5) is 0 Å². The van der Waals surface area contributed by atoms with Crippen LogP contribution in [-0.2, 0) is 4.79 Å². The van der Waals surface area contributed by atoms with Crippen molar-refractivity contribution in [2.24, 2.45) is 0 Å². The average Bonchev–Trinajstić information content (AvgIpc) is 2.58. The second-order valence-electron chi connectivity index (χ2n) is 6.01. The summed E-state index contributed by atoms with van der Waals surface area (Å²) in [7, 11) is 0. The predicted molar refractivity (Wildman–Crippen MR) is 98.7 cm³/mol. The van der Waals surface area contributed by atoms with Crippen molar-refractivity contribution >= 4 is 41.0 Å². The number of phenolic OH excluding ortho intramolecular Hbond substituents is 1. The van der Waals surface area contributed by atoms with Crippen LogP contribution < -0.4 is 10.1 Å². The van der Waals surface area contributed by atoms with Gasteiger partial charge in [0.15, 0.2) is 5.60 Å². The number of hydrogen-bond acceptors (Lipinski definition) is 5. The standard InChI is InChI=1S/C18H15Cl2NO6/c1-18(2,17(25)26)27-11-5-3-9(4-6-11)15(23)21-16(24)12-7-10(19)8-13(20)14(12)22/h3-8,22H,1-2H3,(H,25,26)(H,21,23,24). The van der Waals surface area contributed by atoms with E-state index in [0.717, 1.165) is 0 Å². The molecule has 142 valence electrons. The van der Waals surface area contributed by atoms with Crippen molar-refractivity contribution < 1.29 is 29.3 Å². The molecule has 0 aliphatic heterocycles. The minimum Gasteiger partial charge on any atom is -0.506 e. The third-order valence-electron chi connectivity index (χ3n) is 3.50.